The molecule has 0 amide bonds. The zero-order valence-electron chi connectivity index (χ0n) is 22.5. The van der Waals surface area contributed by atoms with Crippen molar-refractivity contribution in [3.63, 3.8) is 0 Å². The summed E-state index contributed by atoms with van der Waals surface area (Å²) < 4.78 is 0. The number of hydrogen-bond donors (Lipinski definition) is 6. The third-order valence-corrected chi connectivity index (χ3v) is 6.15. The van der Waals surface area contributed by atoms with Crippen LogP contribution in [0.1, 0.15) is 116 Å². The monoisotopic (exact) mass is 468 g/mol. The number of rotatable bonds is 27. The first-order valence-corrected chi connectivity index (χ1v) is 14.4. The maximum absolute atomic E-state index is 7.96. The van der Waals surface area contributed by atoms with Crippen LogP contribution in [0.15, 0.2) is 0 Å². The highest BCUT2D eigenvalue weighted by molar-refractivity contribution is 5.76. The molecule has 0 rings (SSSR count). The quantitative estimate of drug-likeness (QED) is 0.0570. The predicted molar refractivity (Wildman–Crippen MR) is 148 cm³/mol. The van der Waals surface area contributed by atoms with Gasteiger partial charge in [-0.3, -0.25) is 5.41 Å². The highest BCUT2D eigenvalue weighted by Crippen LogP contribution is 2.02. The molecule has 0 aliphatic rings. The van der Waals surface area contributed by atoms with Gasteiger partial charge in [0.15, 0.2) is 5.96 Å². The van der Waals surface area contributed by atoms with Gasteiger partial charge >= 0.3 is 0 Å². The van der Waals surface area contributed by atoms with E-state index in [1.54, 1.807) is 0 Å². The fraction of sp³-hybridized carbons (Fsp3) is 0.963. The van der Waals surface area contributed by atoms with Gasteiger partial charge in [0, 0.05) is 13.1 Å². The summed E-state index contributed by atoms with van der Waals surface area (Å²) in [6, 6.07) is 0. The number of guanidine groups is 1. The van der Waals surface area contributed by atoms with Crippen LogP contribution in [-0.2, 0) is 0 Å². The summed E-state index contributed by atoms with van der Waals surface area (Å²) in [5.74, 6) is 0.496. The van der Waals surface area contributed by atoms with Gasteiger partial charge in [-0.25, -0.2) is 0 Å². The van der Waals surface area contributed by atoms with E-state index in [1.807, 2.05) is 7.05 Å². The van der Waals surface area contributed by atoms with Crippen LogP contribution in [0.4, 0.5) is 0 Å². The molecule has 0 aromatic heterocycles. The summed E-state index contributed by atoms with van der Waals surface area (Å²) >= 11 is 0. The first kappa shape index (κ1) is 32.1. The summed E-state index contributed by atoms with van der Waals surface area (Å²) in [5, 5.41) is 24.7. The molecule has 0 fully saturated rings. The molecule has 0 saturated heterocycles. The maximum Gasteiger partial charge on any atom is 0.188 e. The Balaban J connectivity index is 3.14. The lowest BCUT2D eigenvalue weighted by molar-refractivity contribution is 0.548. The molecule has 0 radical (unpaired) electrons. The fourth-order valence-electron chi connectivity index (χ4n) is 3.96. The van der Waals surface area contributed by atoms with Crippen LogP contribution >= 0.6 is 0 Å². The lowest BCUT2D eigenvalue weighted by Crippen LogP contribution is -2.37. The van der Waals surface area contributed by atoms with Crippen LogP contribution < -0.4 is 26.6 Å². The van der Waals surface area contributed by atoms with Gasteiger partial charge in [-0.2, -0.15) is 0 Å². The van der Waals surface area contributed by atoms with Crippen molar-refractivity contribution in [2.24, 2.45) is 0 Å². The average Bonchev–Trinajstić information content (AvgIpc) is 2.82. The number of nitrogens with one attached hydrogen (secondary N) is 6. The molecule has 0 atom stereocenters. The topological polar surface area (TPSA) is 84.0 Å². The van der Waals surface area contributed by atoms with Crippen LogP contribution in [0.25, 0.3) is 0 Å². The highest BCUT2D eigenvalue weighted by atomic mass is 15.1. The molecule has 0 unspecified atom stereocenters. The van der Waals surface area contributed by atoms with Crippen molar-refractivity contribution in [3.8, 4) is 0 Å². The SMILES string of the molecule is CCCCCCCNCCCCCCNC(=N)NCCCCCCNCCCCCCNC. The first-order valence-electron chi connectivity index (χ1n) is 14.4. The van der Waals surface area contributed by atoms with Gasteiger partial charge in [-0.05, 0) is 84.7 Å². The molecular weight excluding hydrogens is 408 g/mol. The lowest BCUT2D eigenvalue weighted by atomic mass is 10.1. The molecule has 6 nitrogen and oxygen atoms in total. The number of unbranched alkanes of at least 4 members (excludes halogenated alkanes) is 13. The summed E-state index contributed by atoms with van der Waals surface area (Å²) in [6.45, 7) is 9.90. The molecule has 0 aromatic rings. The molecule has 33 heavy (non-hydrogen) atoms. The van der Waals surface area contributed by atoms with E-state index in [0.29, 0.717) is 5.96 Å². The normalized spacial score (nSPS) is 11.1. The Hall–Kier alpha value is -0.850. The van der Waals surface area contributed by atoms with Crippen molar-refractivity contribution in [3.05, 3.63) is 0 Å². The van der Waals surface area contributed by atoms with Crippen molar-refractivity contribution in [2.45, 2.75) is 116 Å². The van der Waals surface area contributed by atoms with E-state index in [9.17, 15) is 0 Å². The van der Waals surface area contributed by atoms with Gasteiger partial charge in [-0.1, -0.05) is 71.1 Å². The summed E-state index contributed by atoms with van der Waals surface area (Å²) in [5.41, 5.74) is 0. The molecule has 0 saturated carbocycles. The van der Waals surface area contributed by atoms with E-state index in [1.165, 1.54) is 109 Å². The molecule has 0 aromatic carbocycles. The Labute approximate surface area is 207 Å². The van der Waals surface area contributed by atoms with Gasteiger partial charge < -0.3 is 26.6 Å². The van der Waals surface area contributed by atoms with Crippen molar-refractivity contribution >= 4 is 5.96 Å². The molecule has 0 bridgehead atoms. The van der Waals surface area contributed by atoms with Gasteiger partial charge in [0.25, 0.3) is 0 Å². The maximum atomic E-state index is 7.96. The van der Waals surface area contributed by atoms with E-state index >= 15 is 0 Å². The fourth-order valence-corrected chi connectivity index (χ4v) is 3.96. The van der Waals surface area contributed by atoms with Crippen molar-refractivity contribution in [2.75, 3.05) is 52.9 Å². The van der Waals surface area contributed by atoms with Crippen LogP contribution in [0.5, 0.6) is 0 Å². The number of hydrogen-bond acceptors (Lipinski definition) is 4. The lowest BCUT2D eigenvalue weighted by Gasteiger charge is -2.10. The molecule has 0 aliphatic heterocycles. The zero-order valence-corrected chi connectivity index (χ0v) is 22.5. The van der Waals surface area contributed by atoms with E-state index in [0.717, 1.165) is 45.6 Å². The average molecular weight is 469 g/mol. The summed E-state index contributed by atoms with van der Waals surface area (Å²) in [4.78, 5) is 0. The Kier molecular flexibility index (Phi) is 28.4. The van der Waals surface area contributed by atoms with Crippen molar-refractivity contribution in [1.29, 1.82) is 5.41 Å². The van der Waals surface area contributed by atoms with Crippen LogP contribution in [-0.4, -0.2) is 58.8 Å². The molecular formula is C27H60N6. The highest BCUT2D eigenvalue weighted by Gasteiger charge is 1.97. The van der Waals surface area contributed by atoms with Crippen LogP contribution in [0.2, 0.25) is 0 Å². The third kappa shape index (κ3) is 29.1. The van der Waals surface area contributed by atoms with Gasteiger partial charge in [0.1, 0.15) is 0 Å². The molecule has 198 valence electrons. The van der Waals surface area contributed by atoms with Crippen LogP contribution in [0, 0.1) is 5.41 Å². The van der Waals surface area contributed by atoms with Gasteiger partial charge in [-0.15, -0.1) is 0 Å². The second-order valence-corrected chi connectivity index (χ2v) is 9.49. The Morgan fingerprint density at radius 3 is 1.15 bits per heavy atom. The second-order valence-electron chi connectivity index (χ2n) is 9.49. The van der Waals surface area contributed by atoms with E-state index < -0.39 is 0 Å². The standard InChI is InChI=1S/C27H60N6/c1-3-4-5-6-14-21-30-23-16-9-11-18-25-32-27(28)33-26-19-12-10-17-24-31-22-15-8-7-13-20-29-2/h29-31H,3-26H2,1-2H3,(H3,28,32,33). The second kappa shape index (κ2) is 29.2. The Bertz CT molecular complexity index is 378. The minimum atomic E-state index is 0.496. The molecule has 0 heterocycles. The van der Waals surface area contributed by atoms with E-state index in [-0.39, 0.29) is 0 Å². The summed E-state index contributed by atoms with van der Waals surface area (Å²) in [7, 11) is 2.03. The minimum Gasteiger partial charge on any atom is -0.357 e. The van der Waals surface area contributed by atoms with E-state index in [4.69, 9.17) is 5.41 Å². The van der Waals surface area contributed by atoms with Crippen LogP contribution in [0.3, 0.4) is 0 Å². The Morgan fingerprint density at radius 1 is 0.455 bits per heavy atom. The van der Waals surface area contributed by atoms with Gasteiger partial charge in [0.05, 0.1) is 0 Å². The predicted octanol–water partition coefficient (Wildman–Crippen LogP) is 5.15. The zero-order chi connectivity index (χ0) is 24.1. The summed E-state index contributed by atoms with van der Waals surface area (Å²) in [6.07, 6.45) is 22.0. The Morgan fingerprint density at radius 2 is 0.788 bits per heavy atom. The van der Waals surface area contributed by atoms with E-state index in [2.05, 4.69) is 33.5 Å². The minimum absolute atomic E-state index is 0.496. The largest absolute Gasteiger partial charge is 0.357 e. The van der Waals surface area contributed by atoms with Crippen molar-refractivity contribution in [1.82, 2.24) is 26.6 Å². The molecule has 0 aliphatic carbocycles. The van der Waals surface area contributed by atoms with Gasteiger partial charge in [0.2, 0.25) is 0 Å². The molecule has 6 N–H and O–H groups in total. The molecule has 6 heteroatoms. The van der Waals surface area contributed by atoms with Crippen molar-refractivity contribution < 1.29 is 0 Å². The smallest absolute Gasteiger partial charge is 0.188 e. The molecule has 0 spiro atoms. The first-order chi connectivity index (χ1) is 16.3. The third-order valence-electron chi connectivity index (χ3n) is 6.15.